The monoisotopic (exact) mass is 316 g/mol. The van der Waals surface area contributed by atoms with Crippen LogP contribution < -0.4 is 5.73 Å². The average Bonchev–Trinajstić information content (AvgIpc) is 3.00. The molecule has 0 spiro atoms. The minimum atomic E-state index is -0.0532. The van der Waals surface area contributed by atoms with Crippen LogP contribution in [-0.4, -0.2) is 39.9 Å². The minimum Gasteiger partial charge on any atom is -0.337 e. The normalized spacial score (nSPS) is 20.9. The standard InChI is InChI=1S/C16H20N4OS/c1-16(2)10-20(8-6-13(16)17)15(21)12-9-19-14(22-12)11-5-3-4-7-18-11/h3-5,7,9,13H,6,8,10,17H2,1-2H3. The molecule has 0 aromatic carbocycles. The zero-order valence-electron chi connectivity index (χ0n) is 12.8. The first-order valence-corrected chi connectivity index (χ1v) is 8.21. The molecule has 1 aliphatic rings. The van der Waals surface area contributed by atoms with Crippen LogP contribution in [0.5, 0.6) is 0 Å². The lowest BCUT2D eigenvalue weighted by Crippen LogP contribution is -2.53. The van der Waals surface area contributed by atoms with Crippen molar-refractivity contribution in [1.82, 2.24) is 14.9 Å². The van der Waals surface area contributed by atoms with Crippen molar-refractivity contribution in [2.75, 3.05) is 13.1 Å². The summed E-state index contributed by atoms with van der Waals surface area (Å²) in [6.45, 7) is 5.62. The molecule has 0 bridgehead atoms. The summed E-state index contributed by atoms with van der Waals surface area (Å²) in [5.74, 6) is 0.0413. The lowest BCUT2D eigenvalue weighted by atomic mass is 9.79. The number of thiazole rings is 1. The van der Waals surface area contributed by atoms with Crippen molar-refractivity contribution in [3.8, 4) is 10.7 Å². The summed E-state index contributed by atoms with van der Waals surface area (Å²) < 4.78 is 0. The van der Waals surface area contributed by atoms with Crippen LogP contribution in [0.25, 0.3) is 10.7 Å². The molecule has 3 heterocycles. The number of nitrogens with two attached hydrogens (primary N) is 1. The van der Waals surface area contributed by atoms with E-state index >= 15 is 0 Å². The summed E-state index contributed by atoms with van der Waals surface area (Å²) in [7, 11) is 0. The van der Waals surface area contributed by atoms with Gasteiger partial charge in [-0.05, 0) is 24.0 Å². The maximum atomic E-state index is 12.7. The van der Waals surface area contributed by atoms with Crippen molar-refractivity contribution in [2.24, 2.45) is 11.1 Å². The van der Waals surface area contributed by atoms with Gasteiger partial charge in [0.2, 0.25) is 0 Å². The molecule has 2 aromatic rings. The Hall–Kier alpha value is -1.79. The van der Waals surface area contributed by atoms with Crippen LogP contribution in [-0.2, 0) is 0 Å². The second-order valence-corrected chi connectivity index (χ2v) is 7.39. The van der Waals surface area contributed by atoms with Crippen molar-refractivity contribution < 1.29 is 4.79 Å². The number of likely N-dealkylation sites (tertiary alicyclic amines) is 1. The van der Waals surface area contributed by atoms with E-state index in [2.05, 4.69) is 23.8 Å². The molecule has 2 aromatic heterocycles. The molecule has 3 rings (SSSR count). The van der Waals surface area contributed by atoms with Crippen LogP contribution in [0, 0.1) is 5.41 Å². The van der Waals surface area contributed by atoms with Gasteiger partial charge in [-0.2, -0.15) is 0 Å². The third-order valence-electron chi connectivity index (χ3n) is 4.20. The van der Waals surface area contributed by atoms with Gasteiger partial charge in [0.25, 0.3) is 5.91 Å². The van der Waals surface area contributed by atoms with Crippen LogP contribution in [0.3, 0.4) is 0 Å². The molecule has 0 saturated carbocycles. The van der Waals surface area contributed by atoms with Crippen molar-refractivity contribution in [3.63, 3.8) is 0 Å². The highest BCUT2D eigenvalue weighted by Gasteiger charge is 2.36. The fourth-order valence-corrected chi connectivity index (χ4v) is 3.54. The van der Waals surface area contributed by atoms with E-state index in [0.717, 1.165) is 17.1 Å². The molecule has 1 aliphatic heterocycles. The summed E-state index contributed by atoms with van der Waals surface area (Å²) in [6.07, 6.45) is 4.22. The molecule has 1 atom stereocenters. The number of piperidine rings is 1. The fraction of sp³-hybridized carbons (Fsp3) is 0.438. The van der Waals surface area contributed by atoms with Gasteiger partial charge in [0.05, 0.1) is 11.9 Å². The van der Waals surface area contributed by atoms with Gasteiger partial charge in [-0.3, -0.25) is 9.78 Å². The lowest BCUT2D eigenvalue weighted by molar-refractivity contribution is 0.0537. The predicted molar refractivity (Wildman–Crippen MR) is 87.6 cm³/mol. The molecule has 0 radical (unpaired) electrons. The van der Waals surface area contributed by atoms with Gasteiger partial charge in [0.15, 0.2) is 0 Å². The molecule has 6 heteroatoms. The summed E-state index contributed by atoms with van der Waals surface area (Å²) in [5.41, 5.74) is 6.88. The first kappa shape index (κ1) is 15.1. The Morgan fingerprint density at radius 3 is 2.91 bits per heavy atom. The van der Waals surface area contributed by atoms with Crippen LogP contribution >= 0.6 is 11.3 Å². The first-order chi connectivity index (χ1) is 10.5. The molecule has 116 valence electrons. The average molecular weight is 316 g/mol. The summed E-state index contributed by atoms with van der Waals surface area (Å²) in [5, 5.41) is 0.775. The van der Waals surface area contributed by atoms with Crippen LogP contribution in [0.2, 0.25) is 0 Å². The van der Waals surface area contributed by atoms with Gasteiger partial charge in [-0.1, -0.05) is 19.9 Å². The second kappa shape index (κ2) is 5.78. The number of rotatable bonds is 2. The van der Waals surface area contributed by atoms with E-state index in [9.17, 15) is 4.79 Å². The molecule has 1 amide bonds. The van der Waals surface area contributed by atoms with Gasteiger partial charge in [-0.15, -0.1) is 11.3 Å². The number of nitrogens with zero attached hydrogens (tertiary/aromatic N) is 3. The molecule has 2 N–H and O–H groups in total. The largest absolute Gasteiger partial charge is 0.337 e. The van der Waals surface area contributed by atoms with E-state index in [4.69, 9.17) is 5.73 Å². The summed E-state index contributed by atoms with van der Waals surface area (Å²) in [6, 6.07) is 5.82. The number of hydrogen-bond acceptors (Lipinski definition) is 5. The number of hydrogen-bond donors (Lipinski definition) is 1. The smallest absolute Gasteiger partial charge is 0.265 e. The van der Waals surface area contributed by atoms with Gasteiger partial charge in [0, 0.05) is 25.3 Å². The molecule has 1 fully saturated rings. The number of amides is 1. The quantitative estimate of drug-likeness (QED) is 0.923. The number of pyridine rings is 1. The van der Waals surface area contributed by atoms with Crippen LogP contribution in [0.4, 0.5) is 0 Å². The van der Waals surface area contributed by atoms with E-state index in [-0.39, 0.29) is 17.4 Å². The maximum absolute atomic E-state index is 12.7. The zero-order valence-corrected chi connectivity index (χ0v) is 13.6. The fourth-order valence-electron chi connectivity index (χ4n) is 2.68. The van der Waals surface area contributed by atoms with Gasteiger partial charge < -0.3 is 10.6 Å². The highest BCUT2D eigenvalue weighted by atomic mass is 32.1. The van der Waals surface area contributed by atoms with E-state index in [1.165, 1.54) is 11.3 Å². The predicted octanol–water partition coefficient (Wildman–Crippen LogP) is 2.40. The van der Waals surface area contributed by atoms with Crippen LogP contribution in [0.15, 0.2) is 30.6 Å². The van der Waals surface area contributed by atoms with Crippen molar-refractivity contribution in [2.45, 2.75) is 26.3 Å². The molecule has 1 unspecified atom stereocenters. The maximum Gasteiger partial charge on any atom is 0.265 e. The van der Waals surface area contributed by atoms with Gasteiger partial charge in [-0.25, -0.2) is 4.98 Å². The third-order valence-corrected chi connectivity index (χ3v) is 5.21. The Balaban J connectivity index is 1.78. The summed E-state index contributed by atoms with van der Waals surface area (Å²) >= 11 is 1.39. The summed E-state index contributed by atoms with van der Waals surface area (Å²) in [4.78, 5) is 23.8. The number of aromatic nitrogens is 2. The molecule has 1 saturated heterocycles. The van der Waals surface area contributed by atoms with E-state index < -0.39 is 0 Å². The Bertz CT molecular complexity index is 668. The van der Waals surface area contributed by atoms with E-state index in [1.807, 2.05) is 23.1 Å². The zero-order chi connectivity index (χ0) is 15.7. The Morgan fingerprint density at radius 1 is 1.41 bits per heavy atom. The Morgan fingerprint density at radius 2 is 2.23 bits per heavy atom. The topological polar surface area (TPSA) is 72.1 Å². The lowest BCUT2D eigenvalue weighted by Gasteiger charge is -2.42. The van der Waals surface area contributed by atoms with Gasteiger partial charge >= 0.3 is 0 Å². The third kappa shape index (κ3) is 2.89. The molecule has 22 heavy (non-hydrogen) atoms. The number of carbonyl (C=O) groups is 1. The molecule has 5 nitrogen and oxygen atoms in total. The SMILES string of the molecule is CC1(C)CN(C(=O)c2cnc(-c3ccccn3)s2)CCC1N. The van der Waals surface area contributed by atoms with E-state index in [0.29, 0.717) is 18.0 Å². The van der Waals surface area contributed by atoms with E-state index in [1.54, 1.807) is 12.4 Å². The Labute approximate surface area is 134 Å². The highest BCUT2D eigenvalue weighted by Crippen LogP contribution is 2.30. The van der Waals surface area contributed by atoms with Crippen LogP contribution in [0.1, 0.15) is 29.9 Å². The number of carbonyl (C=O) groups excluding carboxylic acids is 1. The Kier molecular flexibility index (Phi) is 3.97. The first-order valence-electron chi connectivity index (χ1n) is 7.39. The van der Waals surface area contributed by atoms with Crippen molar-refractivity contribution in [1.29, 1.82) is 0 Å². The molecular weight excluding hydrogens is 296 g/mol. The highest BCUT2D eigenvalue weighted by molar-refractivity contribution is 7.16. The van der Waals surface area contributed by atoms with Crippen molar-refractivity contribution in [3.05, 3.63) is 35.5 Å². The molecular formula is C16H20N4OS. The second-order valence-electron chi connectivity index (χ2n) is 6.36. The van der Waals surface area contributed by atoms with Gasteiger partial charge in [0.1, 0.15) is 9.88 Å². The van der Waals surface area contributed by atoms with Crippen molar-refractivity contribution >= 4 is 17.2 Å². The molecule has 0 aliphatic carbocycles. The minimum absolute atomic E-state index is 0.0413.